The molecule has 1 saturated carbocycles. The van der Waals surface area contributed by atoms with Crippen molar-refractivity contribution < 1.29 is 28.7 Å². The van der Waals surface area contributed by atoms with E-state index in [1.165, 1.54) is 7.11 Å². The fourth-order valence-corrected chi connectivity index (χ4v) is 5.83. The lowest BCUT2D eigenvalue weighted by atomic mass is 9.98. The molecular weight excluding hydrogens is 474 g/mol. The summed E-state index contributed by atoms with van der Waals surface area (Å²) < 4.78 is 10.4. The maximum atomic E-state index is 13.8. The first-order chi connectivity index (χ1) is 17.4. The first-order valence-corrected chi connectivity index (χ1v) is 13.7. The van der Waals surface area contributed by atoms with E-state index in [0.29, 0.717) is 19.4 Å². The van der Waals surface area contributed by atoms with Crippen LogP contribution in [-0.2, 0) is 23.9 Å². The zero-order valence-electron chi connectivity index (χ0n) is 23.3. The van der Waals surface area contributed by atoms with E-state index >= 15 is 0 Å². The Morgan fingerprint density at radius 3 is 2.27 bits per heavy atom. The summed E-state index contributed by atoms with van der Waals surface area (Å²) in [6.07, 6.45) is 9.69. The molecular formula is C28H45N3O6. The van der Waals surface area contributed by atoms with Gasteiger partial charge in [-0.05, 0) is 76.5 Å². The normalized spacial score (nSPS) is 31.7. The molecule has 1 saturated heterocycles. The molecule has 9 nitrogen and oxygen atoms in total. The van der Waals surface area contributed by atoms with E-state index in [-0.39, 0.29) is 29.1 Å². The summed E-state index contributed by atoms with van der Waals surface area (Å²) >= 11 is 0. The van der Waals surface area contributed by atoms with Crippen molar-refractivity contribution in [3.05, 3.63) is 12.2 Å². The summed E-state index contributed by atoms with van der Waals surface area (Å²) in [4.78, 5) is 54.2. The van der Waals surface area contributed by atoms with Crippen LogP contribution in [-0.4, -0.2) is 66.2 Å². The highest BCUT2D eigenvalue weighted by molar-refractivity contribution is 5.94. The molecule has 0 aromatic rings. The van der Waals surface area contributed by atoms with Crippen molar-refractivity contribution in [3.8, 4) is 0 Å². The van der Waals surface area contributed by atoms with Crippen LogP contribution in [0.25, 0.3) is 0 Å². The van der Waals surface area contributed by atoms with Gasteiger partial charge >= 0.3 is 12.1 Å². The van der Waals surface area contributed by atoms with Crippen LogP contribution < -0.4 is 10.6 Å². The van der Waals surface area contributed by atoms with Gasteiger partial charge < -0.3 is 25.0 Å². The van der Waals surface area contributed by atoms with Crippen LogP contribution in [0, 0.1) is 17.3 Å². The third-order valence-corrected chi connectivity index (χ3v) is 7.95. The third-order valence-electron chi connectivity index (χ3n) is 7.95. The Balaban J connectivity index is 1.86. The van der Waals surface area contributed by atoms with Crippen molar-refractivity contribution in [2.45, 2.75) is 110 Å². The molecule has 2 aliphatic heterocycles. The number of nitrogens with zero attached hydrogens (tertiary/aromatic N) is 1. The Hall–Kier alpha value is -2.58. The van der Waals surface area contributed by atoms with Gasteiger partial charge in [-0.3, -0.25) is 9.59 Å². The second-order valence-electron chi connectivity index (χ2n) is 12.2. The van der Waals surface area contributed by atoms with Gasteiger partial charge in [0.2, 0.25) is 11.8 Å². The van der Waals surface area contributed by atoms with Crippen molar-refractivity contribution in [2.75, 3.05) is 13.7 Å². The maximum absolute atomic E-state index is 13.8. The molecule has 5 atom stereocenters. The number of rotatable bonds is 2. The van der Waals surface area contributed by atoms with Crippen LogP contribution in [0.5, 0.6) is 0 Å². The number of ether oxygens (including phenoxy) is 2. The monoisotopic (exact) mass is 519 g/mol. The highest BCUT2D eigenvalue weighted by Crippen LogP contribution is 2.64. The molecule has 3 rings (SSSR count). The number of carbonyl (C=O) groups is 4. The number of nitrogens with one attached hydrogen (secondary N) is 2. The van der Waals surface area contributed by atoms with Crippen LogP contribution in [0.2, 0.25) is 0 Å². The zero-order valence-corrected chi connectivity index (χ0v) is 23.3. The Labute approximate surface area is 221 Å². The fourth-order valence-electron chi connectivity index (χ4n) is 5.83. The molecule has 37 heavy (non-hydrogen) atoms. The van der Waals surface area contributed by atoms with Crippen LogP contribution >= 0.6 is 0 Å². The molecule has 2 heterocycles. The topological polar surface area (TPSA) is 114 Å². The molecule has 0 aromatic heterocycles. The zero-order chi connectivity index (χ0) is 27.4. The predicted octanol–water partition coefficient (Wildman–Crippen LogP) is 3.71. The van der Waals surface area contributed by atoms with Crippen LogP contribution in [0.15, 0.2) is 12.2 Å². The van der Waals surface area contributed by atoms with Gasteiger partial charge in [0.05, 0.1) is 7.11 Å². The van der Waals surface area contributed by atoms with Gasteiger partial charge in [0.15, 0.2) is 0 Å². The molecule has 1 aliphatic carbocycles. The van der Waals surface area contributed by atoms with Crippen molar-refractivity contribution >= 4 is 23.9 Å². The second kappa shape index (κ2) is 11.9. The van der Waals surface area contributed by atoms with Gasteiger partial charge in [0.1, 0.15) is 23.7 Å². The van der Waals surface area contributed by atoms with E-state index in [2.05, 4.69) is 36.6 Å². The first kappa shape index (κ1) is 29.0. The van der Waals surface area contributed by atoms with E-state index in [4.69, 9.17) is 9.47 Å². The number of methoxy groups -OCH3 is 1. The number of alkyl carbamates (subject to hydrolysis) is 1. The van der Waals surface area contributed by atoms with Gasteiger partial charge in [-0.25, -0.2) is 9.59 Å². The second-order valence-corrected chi connectivity index (χ2v) is 12.2. The maximum Gasteiger partial charge on any atom is 0.408 e. The average Bonchev–Trinajstić information content (AvgIpc) is 3.15. The molecule has 2 fully saturated rings. The van der Waals surface area contributed by atoms with Crippen molar-refractivity contribution in [2.24, 2.45) is 17.3 Å². The van der Waals surface area contributed by atoms with Crippen LogP contribution in [0.3, 0.4) is 0 Å². The third kappa shape index (κ3) is 7.26. The molecule has 208 valence electrons. The lowest BCUT2D eigenvalue weighted by Gasteiger charge is -2.34. The summed E-state index contributed by atoms with van der Waals surface area (Å²) in [5.74, 6) is -0.885. The van der Waals surface area contributed by atoms with Gasteiger partial charge in [-0.1, -0.05) is 38.8 Å². The van der Waals surface area contributed by atoms with E-state index in [0.717, 1.165) is 38.5 Å². The summed E-state index contributed by atoms with van der Waals surface area (Å²) in [6.45, 7) is 10.00. The van der Waals surface area contributed by atoms with E-state index in [1.807, 2.05) is 0 Å². The van der Waals surface area contributed by atoms with Gasteiger partial charge in [-0.2, -0.15) is 0 Å². The van der Waals surface area contributed by atoms with Crippen molar-refractivity contribution in [1.82, 2.24) is 15.5 Å². The average molecular weight is 520 g/mol. The van der Waals surface area contributed by atoms with Crippen molar-refractivity contribution in [1.29, 1.82) is 0 Å². The molecule has 3 aliphatic rings. The minimum absolute atomic E-state index is 0.00297. The van der Waals surface area contributed by atoms with E-state index in [9.17, 15) is 19.2 Å². The Kier molecular flexibility index (Phi) is 9.29. The number of amides is 3. The lowest BCUT2D eigenvalue weighted by molar-refractivity contribution is -0.147. The highest BCUT2D eigenvalue weighted by atomic mass is 16.6. The van der Waals surface area contributed by atoms with Crippen molar-refractivity contribution in [3.63, 3.8) is 0 Å². The Morgan fingerprint density at radius 2 is 1.68 bits per heavy atom. The molecule has 0 aromatic carbocycles. The fraction of sp³-hybridized carbons (Fsp3) is 0.786. The van der Waals surface area contributed by atoms with Crippen LogP contribution in [0.4, 0.5) is 4.79 Å². The highest BCUT2D eigenvalue weighted by Gasteiger charge is 2.69. The quantitative estimate of drug-likeness (QED) is 0.425. The Morgan fingerprint density at radius 1 is 1.05 bits per heavy atom. The van der Waals surface area contributed by atoms with Gasteiger partial charge in [-0.15, -0.1) is 0 Å². The van der Waals surface area contributed by atoms with E-state index in [1.54, 1.807) is 25.7 Å². The van der Waals surface area contributed by atoms with Crippen LogP contribution in [0.1, 0.15) is 86.0 Å². The number of hydrogen-bond acceptors (Lipinski definition) is 6. The number of carbonyl (C=O) groups excluding carboxylic acids is 4. The minimum atomic E-state index is -0.790. The van der Waals surface area contributed by atoms with E-state index < -0.39 is 35.8 Å². The SMILES string of the molecule is COC(=O)[C@@H]1CCCC/C=C/CCCC[C@H](NC(=O)OC(C)(C)C)C(=O)N2C[C@H]3[C@@H]([C@H]2C(=O)N1)C3(C)C. The number of allylic oxidation sites excluding steroid dienone is 2. The minimum Gasteiger partial charge on any atom is -0.467 e. The molecule has 0 unspecified atom stereocenters. The molecule has 3 amide bonds. The summed E-state index contributed by atoms with van der Waals surface area (Å²) in [5, 5.41) is 5.67. The number of piperidine rings is 1. The smallest absolute Gasteiger partial charge is 0.408 e. The number of esters is 1. The summed E-state index contributed by atoms with van der Waals surface area (Å²) in [7, 11) is 1.32. The Bertz CT molecular complexity index is 893. The molecule has 0 bridgehead atoms. The first-order valence-electron chi connectivity index (χ1n) is 13.7. The number of fused-ring (bicyclic) bond motifs is 3. The molecule has 9 heteroatoms. The molecule has 0 spiro atoms. The van der Waals surface area contributed by atoms with Gasteiger partial charge in [0.25, 0.3) is 0 Å². The standard InChI is InChI=1S/C28H45N3O6/c1-27(2,3)37-26(35)30-19-15-13-11-9-7-8-10-12-14-16-20(25(34)36-6)29-23(32)22-21-18(28(21,4)5)17-31(22)24(19)33/h7-8,18-22H,9-17H2,1-6H3,(H,29,32)(H,30,35)/b8-7+/t18-,19-,20-,21-,22-/m0/s1. The molecule has 0 radical (unpaired) electrons. The summed E-state index contributed by atoms with van der Waals surface area (Å²) in [6, 6.07) is -2.24. The summed E-state index contributed by atoms with van der Waals surface area (Å²) in [5.41, 5.74) is -0.766. The molecule has 2 N–H and O–H groups in total. The predicted molar refractivity (Wildman–Crippen MR) is 139 cm³/mol. The number of hydrogen-bond donors (Lipinski definition) is 2. The van der Waals surface area contributed by atoms with Gasteiger partial charge in [0, 0.05) is 6.54 Å². The largest absolute Gasteiger partial charge is 0.467 e. The lowest BCUT2D eigenvalue weighted by Crippen LogP contribution is -2.57.